The first-order valence-corrected chi connectivity index (χ1v) is 8.68. The summed E-state index contributed by atoms with van der Waals surface area (Å²) in [5.41, 5.74) is 1.99. The van der Waals surface area contributed by atoms with E-state index in [9.17, 15) is 9.59 Å². The zero-order valence-electron chi connectivity index (χ0n) is 13.0. The van der Waals surface area contributed by atoms with Gasteiger partial charge in [0.15, 0.2) is 0 Å². The summed E-state index contributed by atoms with van der Waals surface area (Å²) in [4.78, 5) is 23.4. The number of aromatic nitrogens is 2. The molecule has 1 heterocycles. The van der Waals surface area contributed by atoms with Gasteiger partial charge in [-0.3, -0.25) is 14.7 Å². The van der Waals surface area contributed by atoms with Crippen LogP contribution in [0.1, 0.15) is 36.2 Å². The van der Waals surface area contributed by atoms with Crippen molar-refractivity contribution in [3.05, 3.63) is 40.5 Å². The first-order chi connectivity index (χ1) is 11.6. The highest BCUT2D eigenvalue weighted by Crippen LogP contribution is 2.29. The molecular formula is C17H18BrN3O3. The van der Waals surface area contributed by atoms with E-state index in [4.69, 9.17) is 5.11 Å². The number of carboxylic acid groups (broad SMARTS) is 1. The number of hydrogen-bond acceptors (Lipinski definition) is 3. The second-order valence-corrected chi connectivity index (χ2v) is 6.78. The summed E-state index contributed by atoms with van der Waals surface area (Å²) in [6.07, 6.45) is 2.55. The molecule has 1 amide bonds. The van der Waals surface area contributed by atoms with Gasteiger partial charge in [-0.05, 0) is 41.6 Å². The maximum absolute atomic E-state index is 12.5. The van der Waals surface area contributed by atoms with E-state index in [-0.39, 0.29) is 17.9 Å². The van der Waals surface area contributed by atoms with Crippen molar-refractivity contribution in [1.29, 1.82) is 0 Å². The van der Waals surface area contributed by atoms with Gasteiger partial charge in [-0.2, -0.15) is 5.10 Å². The molecule has 0 unspecified atom stereocenters. The smallest absolute Gasteiger partial charge is 0.306 e. The van der Waals surface area contributed by atoms with Crippen LogP contribution in [0.4, 0.5) is 0 Å². The van der Waals surface area contributed by atoms with E-state index in [2.05, 4.69) is 31.4 Å². The van der Waals surface area contributed by atoms with Gasteiger partial charge >= 0.3 is 5.97 Å². The average molecular weight is 392 g/mol. The summed E-state index contributed by atoms with van der Waals surface area (Å²) in [7, 11) is 0. The summed E-state index contributed by atoms with van der Waals surface area (Å²) in [5, 5.41) is 19.0. The number of nitrogens with one attached hydrogen (secondary N) is 2. The van der Waals surface area contributed by atoms with Crippen molar-refractivity contribution >= 4 is 27.8 Å². The highest BCUT2D eigenvalue weighted by Gasteiger charge is 2.28. The number of aliphatic carboxylic acids is 1. The van der Waals surface area contributed by atoms with Crippen molar-refractivity contribution in [3.8, 4) is 11.3 Å². The molecule has 1 aliphatic rings. The number of halogens is 1. The molecule has 6 nitrogen and oxygen atoms in total. The molecule has 7 heteroatoms. The fourth-order valence-electron chi connectivity index (χ4n) is 3.01. The molecule has 2 aromatic rings. The zero-order valence-corrected chi connectivity index (χ0v) is 14.5. The van der Waals surface area contributed by atoms with Gasteiger partial charge in [-0.25, -0.2) is 0 Å². The van der Waals surface area contributed by atoms with E-state index in [1.54, 1.807) is 0 Å². The van der Waals surface area contributed by atoms with Crippen LogP contribution in [-0.4, -0.2) is 33.2 Å². The molecule has 1 fully saturated rings. The minimum Gasteiger partial charge on any atom is -0.481 e. The quantitative estimate of drug-likeness (QED) is 0.745. The van der Waals surface area contributed by atoms with Gasteiger partial charge in [0, 0.05) is 11.6 Å². The van der Waals surface area contributed by atoms with Crippen molar-refractivity contribution < 1.29 is 14.7 Å². The van der Waals surface area contributed by atoms with Gasteiger partial charge < -0.3 is 10.4 Å². The fourth-order valence-corrected chi connectivity index (χ4v) is 3.59. The third-order valence-corrected chi connectivity index (χ3v) is 5.16. The molecule has 1 saturated carbocycles. The maximum Gasteiger partial charge on any atom is 0.306 e. The Hall–Kier alpha value is -2.15. The van der Waals surface area contributed by atoms with Gasteiger partial charge in [-0.15, -0.1) is 0 Å². The lowest BCUT2D eigenvalue weighted by Gasteiger charge is -2.26. The van der Waals surface area contributed by atoms with Crippen LogP contribution in [0.3, 0.4) is 0 Å². The molecule has 3 N–H and O–H groups in total. The second kappa shape index (κ2) is 7.17. The first-order valence-electron chi connectivity index (χ1n) is 7.89. The number of rotatable bonds is 4. The predicted molar refractivity (Wildman–Crippen MR) is 92.6 cm³/mol. The minimum absolute atomic E-state index is 0.00322. The number of H-pyrrole nitrogens is 1. The summed E-state index contributed by atoms with van der Waals surface area (Å²) in [6.45, 7) is 0. The van der Waals surface area contributed by atoms with Gasteiger partial charge in [0.1, 0.15) is 11.4 Å². The Morgan fingerprint density at radius 3 is 2.46 bits per heavy atom. The van der Waals surface area contributed by atoms with Crippen LogP contribution < -0.4 is 5.32 Å². The zero-order chi connectivity index (χ0) is 17.1. The molecule has 0 radical (unpaired) electrons. The van der Waals surface area contributed by atoms with E-state index < -0.39 is 5.97 Å². The topological polar surface area (TPSA) is 95.1 Å². The van der Waals surface area contributed by atoms with Gasteiger partial charge in [0.2, 0.25) is 0 Å². The Kier molecular flexibility index (Phi) is 4.99. The highest BCUT2D eigenvalue weighted by molar-refractivity contribution is 9.10. The van der Waals surface area contributed by atoms with Crippen LogP contribution in [0, 0.1) is 5.92 Å². The lowest BCUT2D eigenvalue weighted by molar-refractivity contribution is -0.142. The molecule has 0 aliphatic heterocycles. The molecule has 1 aromatic heterocycles. The van der Waals surface area contributed by atoms with Gasteiger partial charge in [0.25, 0.3) is 5.91 Å². The molecule has 1 aliphatic carbocycles. The molecule has 0 atom stereocenters. The summed E-state index contributed by atoms with van der Waals surface area (Å²) in [5.74, 6) is -1.26. The third-order valence-electron chi connectivity index (χ3n) is 4.39. The molecular weight excluding hydrogens is 374 g/mol. The van der Waals surface area contributed by atoms with Crippen molar-refractivity contribution in [1.82, 2.24) is 15.5 Å². The van der Waals surface area contributed by atoms with E-state index in [1.165, 1.54) is 0 Å². The van der Waals surface area contributed by atoms with Crippen molar-refractivity contribution in [2.24, 2.45) is 5.92 Å². The van der Waals surface area contributed by atoms with E-state index >= 15 is 0 Å². The Labute approximate surface area is 147 Å². The molecule has 1 aromatic carbocycles. The third kappa shape index (κ3) is 3.51. The predicted octanol–water partition coefficient (Wildman–Crippen LogP) is 3.21. The van der Waals surface area contributed by atoms with Crippen molar-refractivity contribution in [2.75, 3.05) is 0 Å². The Bertz CT molecular complexity index is 737. The molecule has 0 bridgehead atoms. The number of carboxylic acids is 1. The fraction of sp³-hybridized carbons (Fsp3) is 0.353. The molecule has 126 valence electrons. The number of hydrogen-bond donors (Lipinski definition) is 3. The van der Waals surface area contributed by atoms with Crippen LogP contribution in [-0.2, 0) is 4.79 Å². The molecule has 3 rings (SSSR count). The van der Waals surface area contributed by atoms with E-state index in [0.29, 0.717) is 41.5 Å². The number of carbonyl (C=O) groups excluding carboxylic acids is 1. The van der Waals surface area contributed by atoms with Crippen LogP contribution in [0.2, 0.25) is 0 Å². The molecule has 0 saturated heterocycles. The van der Waals surface area contributed by atoms with Crippen molar-refractivity contribution in [3.63, 3.8) is 0 Å². The summed E-state index contributed by atoms with van der Waals surface area (Å²) >= 11 is 3.45. The van der Waals surface area contributed by atoms with Crippen LogP contribution in [0.5, 0.6) is 0 Å². The lowest BCUT2D eigenvalue weighted by atomic mass is 9.86. The van der Waals surface area contributed by atoms with Crippen LogP contribution >= 0.6 is 15.9 Å². The van der Waals surface area contributed by atoms with E-state index in [0.717, 1.165) is 5.56 Å². The highest BCUT2D eigenvalue weighted by atomic mass is 79.9. The SMILES string of the molecule is O=C(NC1CCC(C(=O)O)CC1)c1[nH]nc(-c2ccccc2)c1Br. The molecule has 24 heavy (non-hydrogen) atoms. The standard InChI is InChI=1S/C17H18BrN3O3/c18-13-14(10-4-2-1-3-5-10)20-21-15(13)16(22)19-12-8-6-11(7-9-12)17(23)24/h1-5,11-12H,6-9H2,(H,19,22)(H,20,21)(H,23,24). The summed E-state index contributed by atoms with van der Waals surface area (Å²) in [6, 6.07) is 9.61. The van der Waals surface area contributed by atoms with Crippen LogP contribution in [0.15, 0.2) is 34.8 Å². The number of carbonyl (C=O) groups is 2. The number of nitrogens with zero attached hydrogens (tertiary/aromatic N) is 1. The number of amides is 1. The van der Waals surface area contributed by atoms with Gasteiger partial charge in [0.05, 0.1) is 10.4 Å². The first kappa shape index (κ1) is 16.7. The Balaban J connectivity index is 1.66. The Morgan fingerprint density at radius 2 is 1.83 bits per heavy atom. The van der Waals surface area contributed by atoms with Gasteiger partial charge in [-0.1, -0.05) is 30.3 Å². The molecule has 0 spiro atoms. The number of benzene rings is 1. The number of aromatic amines is 1. The average Bonchev–Trinajstić information content (AvgIpc) is 2.98. The second-order valence-electron chi connectivity index (χ2n) is 5.99. The monoisotopic (exact) mass is 391 g/mol. The summed E-state index contributed by atoms with van der Waals surface area (Å²) < 4.78 is 0.630. The van der Waals surface area contributed by atoms with Crippen LogP contribution in [0.25, 0.3) is 11.3 Å². The Morgan fingerprint density at radius 1 is 1.17 bits per heavy atom. The minimum atomic E-state index is -0.747. The lowest BCUT2D eigenvalue weighted by Crippen LogP contribution is -2.39. The normalized spacial score (nSPS) is 20.5. The van der Waals surface area contributed by atoms with Crippen molar-refractivity contribution in [2.45, 2.75) is 31.7 Å². The largest absolute Gasteiger partial charge is 0.481 e. The van der Waals surface area contributed by atoms with E-state index in [1.807, 2.05) is 30.3 Å². The maximum atomic E-state index is 12.5.